The SMILES string of the molecule is NC(=O)c1ccccc1CCCC(=O)Nc1cnc2ccc(F)cc2c1. The van der Waals surface area contributed by atoms with Crippen LogP contribution in [0.2, 0.25) is 0 Å². The monoisotopic (exact) mass is 351 g/mol. The Morgan fingerprint density at radius 2 is 1.92 bits per heavy atom. The predicted molar refractivity (Wildman–Crippen MR) is 98.2 cm³/mol. The van der Waals surface area contributed by atoms with Crippen molar-refractivity contribution in [1.29, 1.82) is 0 Å². The quantitative estimate of drug-likeness (QED) is 0.713. The standard InChI is InChI=1S/C20H18FN3O2/c21-15-8-9-18-14(10-15)11-16(12-23-18)24-19(25)7-3-5-13-4-1-2-6-17(13)20(22)26/h1-2,4,6,8-12H,3,5,7H2,(H2,22,26)(H,24,25). The van der Waals surface area contributed by atoms with E-state index in [2.05, 4.69) is 10.3 Å². The average Bonchev–Trinajstić information content (AvgIpc) is 2.61. The molecular formula is C20H18FN3O2. The number of hydrogen-bond donors (Lipinski definition) is 2. The molecule has 6 heteroatoms. The van der Waals surface area contributed by atoms with Crippen molar-refractivity contribution in [1.82, 2.24) is 4.98 Å². The summed E-state index contributed by atoms with van der Waals surface area (Å²) in [4.78, 5) is 27.7. The number of aromatic nitrogens is 1. The molecule has 0 aliphatic rings. The summed E-state index contributed by atoms with van der Waals surface area (Å²) in [6.07, 6.45) is 2.98. The Labute approximate surface area is 150 Å². The van der Waals surface area contributed by atoms with E-state index >= 15 is 0 Å². The number of primary amides is 1. The van der Waals surface area contributed by atoms with Crippen LogP contribution in [0.1, 0.15) is 28.8 Å². The largest absolute Gasteiger partial charge is 0.366 e. The molecule has 132 valence electrons. The molecule has 0 aliphatic carbocycles. The molecule has 1 heterocycles. The summed E-state index contributed by atoms with van der Waals surface area (Å²) in [5.74, 6) is -0.991. The minimum Gasteiger partial charge on any atom is -0.366 e. The van der Waals surface area contributed by atoms with Crippen LogP contribution in [-0.2, 0) is 11.2 Å². The molecule has 3 aromatic rings. The summed E-state index contributed by atoms with van der Waals surface area (Å²) in [5, 5.41) is 3.38. The molecule has 2 aromatic carbocycles. The molecule has 3 rings (SSSR count). The first kappa shape index (κ1) is 17.5. The molecule has 1 aromatic heterocycles. The zero-order chi connectivity index (χ0) is 18.5. The van der Waals surface area contributed by atoms with Gasteiger partial charge in [-0.2, -0.15) is 0 Å². The second-order valence-corrected chi connectivity index (χ2v) is 5.98. The first-order valence-corrected chi connectivity index (χ1v) is 8.26. The van der Waals surface area contributed by atoms with Gasteiger partial charge in [-0.1, -0.05) is 18.2 Å². The zero-order valence-corrected chi connectivity index (χ0v) is 14.0. The van der Waals surface area contributed by atoms with Gasteiger partial charge in [0.1, 0.15) is 5.82 Å². The van der Waals surface area contributed by atoms with Crippen molar-refractivity contribution in [3.8, 4) is 0 Å². The maximum absolute atomic E-state index is 13.3. The zero-order valence-electron chi connectivity index (χ0n) is 14.0. The van der Waals surface area contributed by atoms with E-state index in [0.29, 0.717) is 35.0 Å². The van der Waals surface area contributed by atoms with Crippen molar-refractivity contribution in [2.24, 2.45) is 5.73 Å². The fourth-order valence-electron chi connectivity index (χ4n) is 2.81. The van der Waals surface area contributed by atoms with E-state index in [1.807, 2.05) is 12.1 Å². The maximum Gasteiger partial charge on any atom is 0.248 e. The number of nitrogens with two attached hydrogens (primary N) is 1. The van der Waals surface area contributed by atoms with Gasteiger partial charge in [0, 0.05) is 17.4 Å². The Kier molecular flexibility index (Phi) is 5.22. The van der Waals surface area contributed by atoms with Gasteiger partial charge in [-0.3, -0.25) is 14.6 Å². The van der Waals surface area contributed by atoms with Gasteiger partial charge in [0.2, 0.25) is 11.8 Å². The van der Waals surface area contributed by atoms with Crippen molar-refractivity contribution in [3.63, 3.8) is 0 Å². The number of carbonyl (C=O) groups excluding carboxylic acids is 2. The molecule has 0 atom stereocenters. The lowest BCUT2D eigenvalue weighted by Gasteiger charge is -2.08. The van der Waals surface area contributed by atoms with Crippen LogP contribution in [0.5, 0.6) is 0 Å². The predicted octanol–water partition coefficient (Wildman–Crippen LogP) is 3.43. The van der Waals surface area contributed by atoms with Gasteiger partial charge in [0.05, 0.1) is 17.4 Å². The molecular weight excluding hydrogens is 333 g/mol. The minimum absolute atomic E-state index is 0.167. The number of nitrogens with zero attached hydrogens (tertiary/aromatic N) is 1. The molecule has 0 unspecified atom stereocenters. The van der Waals surface area contributed by atoms with E-state index in [9.17, 15) is 14.0 Å². The summed E-state index contributed by atoms with van der Waals surface area (Å²) in [6, 6.07) is 13.1. The highest BCUT2D eigenvalue weighted by molar-refractivity contribution is 5.94. The lowest BCUT2D eigenvalue weighted by molar-refractivity contribution is -0.116. The van der Waals surface area contributed by atoms with Crippen LogP contribution in [0, 0.1) is 5.82 Å². The number of anilines is 1. The van der Waals surface area contributed by atoms with Crippen LogP contribution in [0.15, 0.2) is 54.7 Å². The van der Waals surface area contributed by atoms with Crippen LogP contribution >= 0.6 is 0 Å². The first-order valence-electron chi connectivity index (χ1n) is 8.26. The van der Waals surface area contributed by atoms with Gasteiger partial charge in [0.25, 0.3) is 0 Å². The number of hydrogen-bond acceptors (Lipinski definition) is 3. The summed E-state index contributed by atoms with van der Waals surface area (Å²) in [6.45, 7) is 0. The van der Waals surface area contributed by atoms with Crippen molar-refractivity contribution < 1.29 is 14.0 Å². The molecule has 2 amide bonds. The van der Waals surface area contributed by atoms with E-state index in [1.54, 1.807) is 30.5 Å². The number of benzene rings is 2. The lowest BCUT2D eigenvalue weighted by Crippen LogP contribution is -2.15. The van der Waals surface area contributed by atoms with Crippen LogP contribution < -0.4 is 11.1 Å². The smallest absolute Gasteiger partial charge is 0.248 e. The van der Waals surface area contributed by atoms with Crippen molar-refractivity contribution in [3.05, 3.63) is 71.7 Å². The molecule has 0 saturated carbocycles. The molecule has 0 radical (unpaired) electrons. The third-order valence-electron chi connectivity index (χ3n) is 4.06. The average molecular weight is 351 g/mol. The van der Waals surface area contributed by atoms with Gasteiger partial charge in [-0.25, -0.2) is 4.39 Å². The number of nitrogens with one attached hydrogen (secondary N) is 1. The summed E-state index contributed by atoms with van der Waals surface area (Å²) < 4.78 is 13.3. The Hall–Kier alpha value is -3.28. The normalized spacial score (nSPS) is 10.7. The lowest BCUT2D eigenvalue weighted by atomic mass is 10.0. The Morgan fingerprint density at radius 3 is 2.73 bits per heavy atom. The number of carbonyl (C=O) groups is 2. The molecule has 26 heavy (non-hydrogen) atoms. The second-order valence-electron chi connectivity index (χ2n) is 5.98. The van der Waals surface area contributed by atoms with E-state index in [0.717, 1.165) is 5.56 Å². The number of aryl methyl sites for hydroxylation is 1. The first-order chi connectivity index (χ1) is 12.5. The number of fused-ring (bicyclic) bond motifs is 1. The van der Waals surface area contributed by atoms with Crippen LogP contribution in [0.25, 0.3) is 10.9 Å². The van der Waals surface area contributed by atoms with Crippen molar-refractivity contribution >= 4 is 28.4 Å². The number of halogens is 1. The number of rotatable bonds is 6. The van der Waals surface area contributed by atoms with Gasteiger partial charge in [0.15, 0.2) is 0 Å². The van der Waals surface area contributed by atoms with E-state index in [-0.39, 0.29) is 18.1 Å². The van der Waals surface area contributed by atoms with Crippen LogP contribution in [-0.4, -0.2) is 16.8 Å². The molecule has 0 fully saturated rings. The van der Waals surface area contributed by atoms with Gasteiger partial charge < -0.3 is 11.1 Å². The molecule has 0 aliphatic heterocycles. The highest BCUT2D eigenvalue weighted by Gasteiger charge is 2.09. The van der Waals surface area contributed by atoms with Crippen molar-refractivity contribution in [2.75, 3.05) is 5.32 Å². The Balaban J connectivity index is 1.59. The number of amides is 2. The van der Waals surface area contributed by atoms with E-state index in [4.69, 9.17) is 5.73 Å². The van der Waals surface area contributed by atoms with E-state index in [1.165, 1.54) is 12.1 Å². The molecule has 5 nitrogen and oxygen atoms in total. The van der Waals surface area contributed by atoms with Crippen molar-refractivity contribution in [2.45, 2.75) is 19.3 Å². The highest BCUT2D eigenvalue weighted by atomic mass is 19.1. The number of pyridine rings is 1. The van der Waals surface area contributed by atoms with Gasteiger partial charge in [-0.05, 0) is 48.7 Å². The molecule has 0 spiro atoms. The Morgan fingerprint density at radius 1 is 1.12 bits per heavy atom. The van der Waals surface area contributed by atoms with Gasteiger partial charge in [-0.15, -0.1) is 0 Å². The topological polar surface area (TPSA) is 85.1 Å². The molecule has 0 saturated heterocycles. The van der Waals surface area contributed by atoms with Gasteiger partial charge >= 0.3 is 0 Å². The third-order valence-corrected chi connectivity index (χ3v) is 4.06. The fourth-order valence-corrected chi connectivity index (χ4v) is 2.81. The Bertz CT molecular complexity index is 972. The summed E-state index contributed by atoms with van der Waals surface area (Å²) in [5.41, 5.74) is 7.84. The van der Waals surface area contributed by atoms with Crippen LogP contribution in [0.3, 0.4) is 0 Å². The maximum atomic E-state index is 13.3. The fraction of sp³-hybridized carbons (Fsp3) is 0.150. The van der Waals surface area contributed by atoms with Crippen LogP contribution in [0.4, 0.5) is 10.1 Å². The summed E-state index contributed by atoms with van der Waals surface area (Å²) >= 11 is 0. The summed E-state index contributed by atoms with van der Waals surface area (Å²) in [7, 11) is 0. The second kappa shape index (κ2) is 7.74. The molecule has 3 N–H and O–H groups in total. The van der Waals surface area contributed by atoms with E-state index < -0.39 is 5.91 Å². The minimum atomic E-state index is -0.473. The highest BCUT2D eigenvalue weighted by Crippen LogP contribution is 2.18. The molecule has 0 bridgehead atoms. The third kappa shape index (κ3) is 4.22.